The highest BCUT2D eigenvalue weighted by Crippen LogP contribution is 2.24. The molecule has 0 radical (unpaired) electrons. The highest BCUT2D eigenvalue weighted by molar-refractivity contribution is 5.97. The summed E-state index contributed by atoms with van der Waals surface area (Å²) in [4.78, 5) is 16.6. The fourth-order valence-corrected chi connectivity index (χ4v) is 2.83. The third-order valence-corrected chi connectivity index (χ3v) is 4.05. The van der Waals surface area contributed by atoms with Gasteiger partial charge in [0.05, 0.1) is 16.7 Å². The van der Waals surface area contributed by atoms with Crippen molar-refractivity contribution in [2.45, 2.75) is 13.3 Å². The van der Waals surface area contributed by atoms with Gasteiger partial charge in [0.15, 0.2) is 0 Å². The highest BCUT2D eigenvalue weighted by atomic mass is 19.1. The van der Waals surface area contributed by atoms with E-state index in [4.69, 9.17) is 4.74 Å². The molecule has 0 saturated heterocycles. The summed E-state index contributed by atoms with van der Waals surface area (Å²) in [5.74, 6) is -0.973. The van der Waals surface area contributed by atoms with Crippen molar-refractivity contribution in [2.24, 2.45) is 0 Å². The van der Waals surface area contributed by atoms with Gasteiger partial charge in [0.25, 0.3) is 5.91 Å². The molecule has 0 aliphatic rings. The van der Waals surface area contributed by atoms with Crippen molar-refractivity contribution >= 4 is 16.9 Å². The Morgan fingerprint density at radius 2 is 2.04 bits per heavy atom. The monoisotopic (exact) mass is 359 g/mol. The van der Waals surface area contributed by atoms with Crippen molar-refractivity contribution in [1.82, 2.24) is 14.9 Å². The molecule has 1 heterocycles. The fourth-order valence-electron chi connectivity index (χ4n) is 2.83. The summed E-state index contributed by atoms with van der Waals surface area (Å²) in [7, 11) is 1.61. The first-order valence-corrected chi connectivity index (χ1v) is 8.23. The Balaban J connectivity index is 1.92. The molecule has 1 N–H and O–H groups in total. The van der Waals surface area contributed by atoms with E-state index in [1.807, 2.05) is 0 Å². The summed E-state index contributed by atoms with van der Waals surface area (Å²) >= 11 is 0. The third-order valence-electron chi connectivity index (χ3n) is 4.05. The molecular weight excluding hydrogens is 340 g/mol. The molecule has 3 aromatic rings. The molecule has 0 aliphatic heterocycles. The number of ether oxygens (including phenoxy) is 1. The van der Waals surface area contributed by atoms with Crippen LogP contribution in [0, 0.1) is 18.6 Å². The van der Waals surface area contributed by atoms with Gasteiger partial charge in [-0.1, -0.05) is 0 Å². The lowest BCUT2D eigenvalue weighted by Crippen LogP contribution is -2.25. The molecule has 3 rings (SSSR count). The quantitative estimate of drug-likeness (QED) is 0.687. The van der Waals surface area contributed by atoms with Crippen LogP contribution in [0.3, 0.4) is 0 Å². The molecule has 0 unspecified atom stereocenters. The lowest BCUT2D eigenvalue weighted by molar-refractivity contribution is 0.0948. The van der Waals surface area contributed by atoms with Crippen molar-refractivity contribution < 1.29 is 18.3 Å². The van der Waals surface area contributed by atoms with Crippen LogP contribution in [0.4, 0.5) is 8.78 Å². The normalized spacial score (nSPS) is 11.1. The van der Waals surface area contributed by atoms with Gasteiger partial charge in [0, 0.05) is 31.9 Å². The summed E-state index contributed by atoms with van der Waals surface area (Å²) in [5.41, 5.74) is 1.89. The van der Waals surface area contributed by atoms with E-state index >= 15 is 0 Å². The SMILES string of the molecule is COCCCNC(=O)c1ccc2c(c1)nc(C)n2-c1ccc(F)cc1F. The molecule has 7 heteroatoms. The number of hydrogen-bond donors (Lipinski definition) is 1. The number of benzene rings is 2. The number of hydrogen-bond acceptors (Lipinski definition) is 3. The number of carbonyl (C=O) groups is 1. The van der Waals surface area contributed by atoms with Gasteiger partial charge in [0.1, 0.15) is 17.5 Å². The van der Waals surface area contributed by atoms with E-state index < -0.39 is 11.6 Å². The molecule has 0 atom stereocenters. The van der Waals surface area contributed by atoms with E-state index in [0.717, 1.165) is 12.5 Å². The van der Waals surface area contributed by atoms with Crippen LogP contribution in [0.1, 0.15) is 22.6 Å². The lowest BCUT2D eigenvalue weighted by Gasteiger charge is -2.09. The Morgan fingerprint density at radius 3 is 2.77 bits per heavy atom. The van der Waals surface area contributed by atoms with Crippen LogP contribution in [0.25, 0.3) is 16.7 Å². The molecule has 0 spiro atoms. The summed E-state index contributed by atoms with van der Waals surface area (Å²) in [6.45, 7) is 2.82. The van der Waals surface area contributed by atoms with Crippen LogP contribution >= 0.6 is 0 Å². The Hall–Kier alpha value is -2.80. The number of carbonyl (C=O) groups excluding carboxylic acids is 1. The predicted octanol–water partition coefficient (Wildman–Crippen LogP) is 3.38. The maximum absolute atomic E-state index is 14.2. The summed E-state index contributed by atoms with van der Waals surface area (Å²) in [6, 6.07) is 8.43. The number of amides is 1. The molecule has 26 heavy (non-hydrogen) atoms. The average molecular weight is 359 g/mol. The van der Waals surface area contributed by atoms with Crippen LogP contribution in [0.5, 0.6) is 0 Å². The predicted molar refractivity (Wildman–Crippen MR) is 94.5 cm³/mol. The minimum absolute atomic E-state index is 0.205. The number of methoxy groups -OCH3 is 1. The second kappa shape index (κ2) is 7.61. The number of nitrogens with one attached hydrogen (secondary N) is 1. The number of halogens is 2. The minimum atomic E-state index is -0.674. The van der Waals surface area contributed by atoms with Crippen molar-refractivity contribution in [3.05, 3.63) is 59.4 Å². The van der Waals surface area contributed by atoms with Gasteiger partial charge in [-0.2, -0.15) is 0 Å². The highest BCUT2D eigenvalue weighted by Gasteiger charge is 2.15. The van der Waals surface area contributed by atoms with Gasteiger partial charge >= 0.3 is 0 Å². The smallest absolute Gasteiger partial charge is 0.251 e. The maximum Gasteiger partial charge on any atom is 0.251 e. The lowest BCUT2D eigenvalue weighted by atomic mass is 10.2. The molecule has 0 saturated carbocycles. The molecule has 0 fully saturated rings. The van der Waals surface area contributed by atoms with E-state index in [9.17, 15) is 13.6 Å². The number of nitrogens with zero attached hydrogens (tertiary/aromatic N) is 2. The first-order chi connectivity index (χ1) is 12.5. The van der Waals surface area contributed by atoms with Gasteiger partial charge in [-0.25, -0.2) is 13.8 Å². The maximum atomic E-state index is 14.2. The van der Waals surface area contributed by atoms with Crippen LogP contribution in [-0.2, 0) is 4.74 Å². The molecular formula is C19H19F2N3O2. The van der Waals surface area contributed by atoms with Gasteiger partial charge in [0.2, 0.25) is 0 Å². The molecule has 1 amide bonds. The van der Waals surface area contributed by atoms with E-state index in [1.165, 1.54) is 12.1 Å². The zero-order chi connectivity index (χ0) is 18.7. The molecule has 1 aromatic heterocycles. The fraction of sp³-hybridized carbons (Fsp3) is 0.263. The molecule has 136 valence electrons. The Kier molecular flexibility index (Phi) is 5.27. The van der Waals surface area contributed by atoms with Crippen LogP contribution < -0.4 is 5.32 Å². The molecule has 2 aromatic carbocycles. The van der Waals surface area contributed by atoms with E-state index in [1.54, 1.807) is 36.8 Å². The van der Waals surface area contributed by atoms with Crippen LogP contribution in [-0.4, -0.2) is 35.7 Å². The minimum Gasteiger partial charge on any atom is -0.385 e. The van der Waals surface area contributed by atoms with Crippen molar-refractivity contribution in [1.29, 1.82) is 0 Å². The van der Waals surface area contributed by atoms with E-state index in [2.05, 4.69) is 10.3 Å². The van der Waals surface area contributed by atoms with Gasteiger partial charge < -0.3 is 10.1 Å². The topological polar surface area (TPSA) is 56.1 Å². The van der Waals surface area contributed by atoms with Crippen LogP contribution in [0.2, 0.25) is 0 Å². The van der Waals surface area contributed by atoms with Crippen molar-refractivity contribution in [3.63, 3.8) is 0 Å². The summed E-state index contributed by atoms with van der Waals surface area (Å²) < 4.78 is 33.9. The summed E-state index contributed by atoms with van der Waals surface area (Å²) in [5, 5.41) is 2.81. The Labute approximate surface area is 149 Å². The molecule has 0 bridgehead atoms. The largest absolute Gasteiger partial charge is 0.385 e. The zero-order valence-electron chi connectivity index (χ0n) is 14.6. The standard InChI is InChI=1S/C19H19F2N3O2/c1-12-23-16-10-13(19(25)22-8-3-9-26-2)4-6-18(16)24(12)17-7-5-14(20)11-15(17)21/h4-7,10-11H,3,8-9H2,1-2H3,(H,22,25). The number of imidazole rings is 1. The van der Waals surface area contributed by atoms with Crippen molar-refractivity contribution in [2.75, 3.05) is 20.3 Å². The second-order valence-corrected chi connectivity index (χ2v) is 5.90. The van der Waals surface area contributed by atoms with Gasteiger partial charge in [-0.05, 0) is 43.7 Å². The Morgan fingerprint density at radius 1 is 1.23 bits per heavy atom. The Bertz CT molecular complexity index is 953. The third kappa shape index (κ3) is 3.57. The molecule has 5 nitrogen and oxygen atoms in total. The van der Waals surface area contributed by atoms with Crippen LogP contribution in [0.15, 0.2) is 36.4 Å². The number of rotatable bonds is 6. The average Bonchev–Trinajstić information content (AvgIpc) is 2.93. The first kappa shape index (κ1) is 18.0. The summed E-state index contributed by atoms with van der Waals surface area (Å²) in [6.07, 6.45) is 0.724. The van der Waals surface area contributed by atoms with E-state index in [-0.39, 0.29) is 11.6 Å². The van der Waals surface area contributed by atoms with Gasteiger partial charge in [-0.3, -0.25) is 9.36 Å². The number of aryl methyl sites for hydroxylation is 1. The first-order valence-electron chi connectivity index (χ1n) is 8.23. The van der Waals surface area contributed by atoms with E-state index in [0.29, 0.717) is 35.6 Å². The number of fused-ring (bicyclic) bond motifs is 1. The van der Waals surface area contributed by atoms with Crippen molar-refractivity contribution in [3.8, 4) is 5.69 Å². The number of aromatic nitrogens is 2. The molecule has 0 aliphatic carbocycles. The second-order valence-electron chi connectivity index (χ2n) is 5.90. The zero-order valence-corrected chi connectivity index (χ0v) is 14.6. The van der Waals surface area contributed by atoms with Gasteiger partial charge in [-0.15, -0.1) is 0 Å².